The quantitative estimate of drug-likeness (QED) is 0.459. The molecule has 0 N–H and O–H groups in total. The maximum Gasteiger partial charge on any atom is 0.0284 e. The van der Waals surface area contributed by atoms with Crippen molar-refractivity contribution < 1.29 is 0 Å². The SMILES string of the molecule is CC1CC2C=CC(C1)N2C. The molecule has 0 aromatic rings. The van der Waals surface area contributed by atoms with Crippen LogP contribution < -0.4 is 0 Å². The van der Waals surface area contributed by atoms with Crippen molar-refractivity contribution in [3.8, 4) is 0 Å². The summed E-state index contributed by atoms with van der Waals surface area (Å²) >= 11 is 0. The van der Waals surface area contributed by atoms with E-state index in [4.69, 9.17) is 0 Å². The molecule has 0 aromatic carbocycles. The zero-order chi connectivity index (χ0) is 7.14. The van der Waals surface area contributed by atoms with Crippen molar-refractivity contribution >= 4 is 0 Å². The van der Waals surface area contributed by atoms with Crippen LogP contribution in [0.1, 0.15) is 19.8 Å². The summed E-state index contributed by atoms with van der Waals surface area (Å²) in [5.74, 6) is 0.932. The summed E-state index contributed by atoms with van der Waals surface area (Å²) in [6.45, 7) is 2.36. The molecule has 1 heteroatoms. The average Bonchev–Trinajstić information content (AvgIpc) is 2.20. The first kappa shape index (κ1) is 6.41. The molecule has 0 aliphatic carbocycles. The van der Waals surface area contributed by atoms with Gasteiger partial charge in [0.2, 0.25) is 0 Å². The largest absolute Gasteiger partial charge is 0.294 e. The first-order chi connectivity index (χ1) is 4.77. The second kappa shape index (κ2) is 2.09. The second-order valence-electron chi connectivity index (χ2n) is 3.76. The Morgan fingerprint density at radius 3 is 2.20 bits per heavy atom. The third-order valence-corrected chi connectivity index (χ3v) is 2.89. The fourth-order valence-electron chi connectivity index (χ4n) is 2.18. The van der Waals surface area contributed by atoms with Gasteiger partial charge in [-0.05, 0) is 25.8 Å². The molecule has 2 heterocycles. The first-order valence-electron chi connectivity index (χ1n) is 4.17. The van der Waals surface area contributed by atoms with E-state index in [2.05, 4.69) is 31.0 Å². The van der Waals surface area contributed by atoms with E-state index in [0.29, 0.717) is 0 Å². The first-order valence-corrected chi connectivity index (χ1v) is 4.17. The molecule has 0 radical (unpaired) electrons. The molecule has 2 atom stereocenters. The van der Waals surface area contributed by atoms with E-state index < -0.39 is 0 Å². The molecule has 2 aliphatic rings. The molecule has 2 bridgehead atoms. The summed E-state index contributed by atoms with van der Waals surface area (Å²) in [5.41, 5.74) is 0. The van der Waals surface area contributed by atoms with Crippen molar-refractivity contribution in [1.82, 2.24) is 4.90 Å². The van der Waals surface area contributed by atoms with Crippen molar-refractivity contribution in [2.45, 2.75) is 31.8 Å². The van der Waals surface area contributed by atoms with Crippen molar-refractivity contribution in [3.63, 3.8) is 0 Å². The minimum absolute atomic E-state index is 0.758. The standard InChI is InChI=1S/C9H15N/c1-7-5-8-3-4-9(6-7)10(8)2/h3-4,7-9H,5-6H2,1-2H3. The Kier molecular flexibility index (Phi) is 1.34. The van der Waals surface area contributed by atoms with Crippen LogP contribution in [0, 0.1) is 5.92 Å². The van der Waals surface area contributed by atoms with Crippen LogP contribution in [0.5, 0.6) is 0 Å². The van der Waals surface area contributed by atoms with Crippen LogP contribution in [0.25, 0.3) is 0 Å². The van der Waals surface area contributed by atoms with E-state index in [1.165, 1.54) is 12.8 Å². The zero-order valence-corrected chi connectivity index (χ0v) is 6.75. The van der Waals surface area contributed by atoms with Gasteiger partial charge in [0, 0.05) is 12.1 Å². The highest BCUT2D eigenvalue weighted by Crippen LogP contribution is 2.31. The molecule has 10 heavy (non-hydrogen) atoms. The number of hydrogen-bond acceptors (Lipinski definition) is 1. The molecule has 2 rings (SSSR count). The van der Waals surface area contributed by atoms with Gasteiger partial charge in [-0.25, -0.2) is 0 Å². The van der Waals surface area contributed by atoms with Crippen molar-refractivity contribution in [3.05, 3.63) is 12.2 Å². The number of piperidine rings is 1. The van der Waals surface area contributed by atoms with E-state index in [9.17, 15) is 0 Å². The van der Waals surface area contributed by atoms with E-state index in [1.54, 1.807) is 0 Å². The predicted molar refractivity (Wildman–Crippen MR) is 42.9 cm³/mol. The maximum absolute atomic E-state index is 2.49. The number of rotatable bonds is 0. The number of nitrogens with zero attached hydrogens (tertiary/aromatic N) is 1. The second-order valence-corrected chi connectivity index (χ2v) is 3.76. The smallest absolute Gasteiger partial charge is 0.0284 e. The summed E-state index contributed by atoms with van der Waals surface area (Å²) in [7, 11) is 2.24. The summed E-state index contributed by atoms with van der Waals surface area (Å²) in [6, 6.07) is 1.52. The number of hydrogen-bond donors (Lipinski definition) is 0. The van der Waals surface area contributed by atoms with Gasteiger partial charge in [-0.1, -0.05) is 19.1 Å². The monoisotopic (exact) mass is 137 g/mol. The summed E-state index contributed by atoms with van der Waals surface area (Å²) in [5, 5.41) is 0. The molecule has 0 amide bonds. The lowest BCUT2D eigenvalue weighted by Gasteiger charge is -2.34. The molecule has 0 aromatic heterocycles. The van der Waals surface area contributed by atoms with E-state index in [0.717, 1.165) is 18.0 Å². The van der Waals surface area contributed by atoms with Gasteiger partial charge >= 0.3 is 0 Å². The van der Waals surface area contributed by atoms with Crippen LogP contribution in [0.3, 0.4) is 0 Å². The summed E-state index contributed by atoms with van der Waals surface area (Å²) < 4.78 is 0. The predicted octanol–water partition coefficient (Wildman–Crippen LogP) is 1.66. The van der Waals surface area contributed by atoms with Crippen LogP contribution in [0.4, 0.5) is 0 Å². The molecule has 1 fully saturated rings. The normalized spacial score (nSPS) is 46.4. The molecule has 0 spiro atoms. The van der Waals surface area contributed by atoms with Gasteiger partial charge in [-0.15, -0.1) is 0 Å². The lowest BCUT2D eigenvalue weighted by molar-refractivity contribution is 0.157. The molecule has 2 unspecified atom stereocenters. The molecule has 1 saturated heterocycles. The lowest BCUT2D eigenvalue weighted by atomic mass is 9.92. The van der Waals surface area contributed by atoms with Gasteiger partial charge in [-0.2, -0.15) is 0 Å². The van der Waals surface area contributed by atoms with E-state index in [-0.39, 0.29) is 0 Å². The molecule has 56 valence electrons. The van der Waals surface area contributed by atoms with Crippen LogP contribution in [-0.2, 0) is 0 Å². The fourth-order valence-corrected chi connectivity index (χ4v) is 2.18. The number of fused-ring (bicyclic) bond motifs is 2. The highest BCUT2D eigenvalue weighted by atomic mass is 15.2. The van der Waals surface area contributed by atoms with Crippen molar-refractivity contribution in [2.75, 3.05) is 7.05 Å². The Hall–Kier alpha value is -0.300. The topological polar surface area (TPSA) is 3.24 Å². The Morgan fingerprint density at radius 1 is 1.20 bits per heavy atom. The Labute approximate surface area is 62.7 Å². The van der Waals surface area contributed by atoms with Crippen LogP contribution in [0.15, 0.2) is 12.2 Å². The van der Waals surface area contributed by atoms with E-state index >= 15 is 0 Å². The number of likely N-dealkylation sites (N-methyl/N-ethyl adjacent to an activating group) is 1. The Balaban J connectivity index is 2.15. The molecule has 1 nitrogen and oxygen atoms in total. The van der Waals surface area contributed by atoms with Crippen molar-refractivity contribution in [1.29, 1.82) is 0 Å². The van der Waals surface area contributed by atoms with Gasteiger partial charge in [0.05, 0.1) is 0 Å². The van der Waals surface area contributed by atoms with Gasteiger partial charge in [0.15, 0.2) is 0 Å². The lowest BCUT2D eigenvalue weighted by Crippen LogP contribution is -2.39. The third-order valence-electron chi connectivity index (χ3n) is 2.89. The molecule has 2 aliphatic heterocycles. The maximum atomic E-state index is 2.49. The average molecular weight is 137 g/mol. The minimum atomic E-state index is 0.758. The third kappa shape index (κ3) is 0.807. The molecule has 0 saturated carbocycles. The van der Waals surface area contributed by atoms with Crippen molar-refractivity contribution in [2.24, 2.45) is 5.92 Å². The van der Waals surface area contributed by atoms with Crippen LogP contribution >= 0.6 is 0 Å². The summed E-state index contributed by atoms with van der Waals surface area (Å²) in [4.78, 5) is 2.49. The van der Waals surface area contributed by atoms with Gasteiger partial charge in [0.1, 0.15) is 0 Å². The highest BCUT2D eigenvalue weighted by molar-refractivity contribution is 5.12. The Morgan fingerprint density at radius 2 is 1.70 bits per heavy atom. The zero-order valence-electron chi connectivity index (χ0n) is 6.75. The van der Waals surface area contributed by atoms with Gasteiger partial charge in [0.25, 0.3) is 0 Å². The fraction of sp³-hybridized carbons (Fsp3) is 0.778. The Bertz CT molecular complexity index is 146. The van der Waals surface area contributed by atoms with E-state index in [1.807, 2.05) is 0 Å². The molecular formula is C9H15N. The van der Waals surface area contributed by atoms with Crippen LogP contribution in [-0.4, -0.2) is 24.0 Å². The van der Waals surface area contributed by atoms with Gasteiger partial charge < -0.3 is 0 Å². The molecular weight excluding hydrogens is 122 g/mol. The van der Waals surface area contributed by atoms with Crippen LogP contribution in [0.2, 0.25) is 0 Å². The minimum Gasteiger partial charge on any atom is -0.294 e. The highest BCUT2D eigenvalue weighted by Gasteiger charge is 2.32. The summed E-state index contributed by atoms with van der Waals surface area (Å²) in [6.07, 6.45) is 7.47. The van der Waals surface area contributed by atoms with Gasteiger partial charge in [-0.3, -0.25) is 4.90 Å².